The minimum Gasteiger partial charge on any atom is -0.332 e. The van der Waals surface area contributed by atoms with Gasteiger partial charge in [0.05, 0.1) is 18.0 Å². The minimum atomic E-state index is -0.447. The lowest BCUT2D eigenvalue weighted by Gasteiger charge is -2.50. The highest BCUT2D eigenvalue weighted by Gasteiger charge is 2.45. The summed E-state index contributed by atoms with van der Waals surface area (Å²) in [6.45, 7) is 10.9. The predicted molar refractivity (Wildman–Crippen MR) is 94.4 cm³/mol. The molecule has 0 radical (unpaired) electrons. The van der Waals surface area contributed by atoms with Crippen LogP contribution >= 0.6 is 12.4 Å². The van der Waals surface area contributed by atoms with Gasteiger partial charge < -0.3 is 15.5 Å². The zero-order valence-electron chi connectivity index (χ0n) is 15.1. The fourth-order valence-corrected chi connectivity index (χ4v) is 4.30. The van der Waals surface area contributed by atoms with Gasteiger partial charge in [-0.25, -0.2) is 0 Å². The summed E-state index contributed by atoms with van der Waals surface area (Å²) >= 11 is 0. The van der Waals surface area contributed by atoms with Crippen LogP contribution in [0.2, 0.25) is 0 Å². The largest absolute Gasteiger partial charge is 0.332 e. The van der Waals surface area contributed by atoms with E-state index in [9.17, 15) is 9.59 Å². The van der Waals surface area contributed by atoms with E-state index in [0.29, 0.717) is 6.54 Å². The molecule has 1 aliphatic carbocycles. The average molecular weight is 346 g/mol. The molecular formula is C17H32ClN3O2. The maximum absolute atomic E-state index is 13.0. The molecule has 1 saturated carbocycles. The molecule has 2 rings (SSSR count). The molecule has 0 bridgehead atoms. The quantitative estimate of drug-likeness (QED) is 0.834. The summed E-state index contributed by atoms with van der Waals surface area (Å²) < 4.78 is 0. The van der Waals surface area contributed by atoms with Crippen molar-refractivity contribution >= 4 is 24.2 Å². The maximum Gasteiger partial charge on any atom is 0.242 e. The van der Waals surface area contributed by atoms with Crippen molar-refractivity contribution in [2.75, 3.05) is 13.1 Å². The molecule has 6 heteroatoms. The number of hydrogen-bond acceptors (Lipinski definition) is 3. The number of amides is 2. The van der Waals surface area contributed by atoms with Gasteiger partial charge in [0.15, 0.2) is 0 Å². The summed E-state index contributed by atoms with van der Waals surface area (Å²) in [7, 11) is 0. The number of piperazine rings is 1. The van der Waals surface area contributed by atoms with Gasteiger partial charge in [-0.3, -0.25) is 9.59 Å². The van der Waals surface area contributed by atoms with Crippen LogP contribution in [0, 0.1) is 5.92 Å². The van der Waals surface area contributed by atoms with Crippen LogP contribution in [0.3, 0.4) is 0 Å². The first-order chi connectivity index (χ1) is 10.1. The highest BCUT2D eigenvalue weighted by molar-refractivity contribution is 5.88. The number of halogens is 1. The van der Waals surface area contributed by atoms with Gasteiger partial charge >= 0.3 is 0 Å². The van der Waals surface area contributed by atoms with E-state index >= 15 is 0 Å². The number of nitrogens with two attached hydrogens (primary N) is 1. The van der Waals surface area contributed by atoms with Gasteiger partial charge in [-0.1, -0.05) is 12.8 Å². The van der Waals surface area contributed by atoms with E-state index in [0.717, 1.165) is 25.7 Å². The third-order valence-electron chi connectivity index (χ3n) is 5.21. The number of carbonyl (C=O) groups is 2. The monoisotopic (exact) mass is 345 g/mol. The average Bonchev–Trinajstić information content (AvgIpc) is 2.34. The molecule has 2 amide bonds. The number of nitrogens with zero attached hydrogens (tertiary/aromatic N) is 2. The van der Waals surface area contributed by atoms with E-state index in [4.69, 9.17) is 5.73 Å². The number of rotatable bonds is 2. The van der Waals surface area contributed by atoms with Gasteiger partial charge in [-0.2, -0.15) is 0 Å². The summed E-state index contributed by atoms with van der Waals surface area (Å²) in [6.07, 6.45) is 3.85. The normalized spacial score (nSPS) is 31.1. The van der Waals surface area contributed by atoms with Crippen molar-refractivity contribution < 1.29 is 9.59 Å². The van der Waals surface area contributed by atoms with E-state index in [-0.39, 0.29) is 48.3 Å². The van der Waals surface area contributed by atoms with Gasteiger partial charge in [0.1, 0.15) is 0 Å². The molecule has 5 nitrogen and oxygen atoms in total. The second-order valence-corrected chi connectivity index (χ2v) is 8.17. The zero-order valence-corrected chi connectivity index (χ0v) is 15.9. The molecule has 1 saturated heterocycles. The fraction of sp³-hybridized carbons (Fsp3) is 0.882. The second-order valence-electron chi connectivity index (χ2n) is 8.17. The maximum atomic E-state index is 13.0. The Labute approximate surface area is 146 Å². The number of hydrogen-bond donors (Lipinski definition) is 1. The Kier molecular flexibility index (Phi) is 6.14. The molecule has 134 valence electrons. The van der Waals surface area contributed by atoms with Crippen molar-refractivity contribution in [2.24, 2.45) is 11.7 Å². The van der Waals surface area contributed by atoms with Crippen LogP contribution in [-0.2, 0) is 9.59 Å². The molecule has 0 aromatic rings. The van der Waals surface area contributed by atoms with Crippen molar-refractivity contribution in [3.63, 3.8) is 0 Å². The zero-order chi connectivity index (χ0) is 16.7. The molecule has 0 spiro atoms. The Morgan fingerprint density at radius 2 is 1.87 bits per heavy atom. The van der Waals surface area contributed by atoms with Crippen LogP contribution in [0.15, 0.2) is 0 Å². The summed E-state index contributed by atoms with van der Waals surface area (Å²) in [5.41, 5.74) is 5.58. The Balaban J connectivity index is 0.00000264. The molecular weight excluding hydrogens is 314 g/mol. The van der Waals surface area contributed by atoms with Crippen molar-refractivity contribution in [3.8, 4) is 0 Å². The van der Waals surface area contributed by atoms with Crippen LogP contribution in [0.4, 0.5) is 0 Å². The van der Waals surface area contributed by atoms with E-state index < -0.39 is 5.54 Å². The van der Waals surface area contributed by atoms with E-state index in [1.807, 2.05) is 39.5 Å². The lowest BCUT2D eigenvalue weighted by Crippen LogP contribution is -2.66. The molecule has 2 atom stereocenters. The highest BCUT2D eigenvalue weighted by Crippen LogP contribution is 2.34. The number of carbonyl (C=O) groups excluding carboxylic acids is 2. The lowest BCUT2D eigenvalue weighted by molar-refractivity contribution is -0.159. The van der Waals surface area contributed by atoms with Crippen molar-refractivity contribution in [1.29, 1.82) is 0 Å². The molecule has 2 N–H and O–H groups in total. The summed E-state index contributed by atoms with van der Waals surface area (Å²) in [5.74, 6) is -0.0564. The molecule has 2 unspecified atom stereocenters. The molecule has 1 aliphatic heterocycles. The smallest absolute Gasteiger partial charge is 0.242 e. The summed E-state index contributed by atoms with van der Waals surface area (Å²) in [5, 5.41) is 0. The van der Waals surface area contributed by atoms with Crippen LogP contribution in [0.25, 0.3) is 0 Å². The fourth-order valence-electron chi connectivity index (χ4n) is 4.30. The Bertz CT molecular complexity index is 463. The van der Waals surface area contributed by atoms with Gasteiger partial charge in [0, 0.05) is 18.1 Å². The van der Waals surface area contributed by atoms with Crippen molar-refractivity contribution in [1.82, 2.24) is 9.80 Å². The van der Waals surface area contributed by atoms with Crippen LogP contribution in [0.1, 0.15) is 60.3 Å². The highest BCUT2D eigenvalue weighted by atomic mass is 35.5. The molecule has 23 heavy (non-hydrogen) atoms. The molecule has 0 aromatic heterocycles. The van der Waals surface area contributed by atoms with Crippen molar-refractivity contribution in [3.05, 3.63) is 0 Å². The first-order valence-electron chi connectivity index (χ1n) is 8.46. The Hall–Kier alpha value is -0.810. The van der Waals surface area contributed by atoms with Gasteiger partial charge in [-0.05, 0) is 47.5 Å². The van der Waals surface area contributed by atoms with Crippen molar-refractivity contribution in [2.45, 2.75) is 77.4 Å². The molecule has 0 aromatic carbocycles. The lowest BCUT2D eigenvalue weighted by atomic mass is 9.73. The Morgan fingerprint density at radius 3 is 2.35 bits per heavy atom. The first-order valence-corrected chi connectivity index (χ1v) is 8.46. The third-order valence-corrected chi connectivity index (χ3v) is 5.21. The standard InChI is InChI=1S/C17H31N3O2.ClH/c1-12(2)20-14(21)10-19(11-16(20,3)4)15(22)13-8-6-7-9-17(13,5)18;/h12-13H,6-11,18H2,1-5H3;1H. The van der Waals surface area contributed by atoms with E-state index in [1.54, 1.807) is 4.90 Å². The first kappa shape index (κ1) is 20.2. The predicted octanol–water partition coefficient (Wildman–Crippen LogP) is 2.17. The van der Waals surface area contributed by atoms with E-state index in [1.165, 1.54) is 0 Å². The molecule has 1 heterocycles. The van der Waals surface area contributed by atoms with E-state index in [2.05, 4.69) is 0 Å². The van der Waals surface area contributed by atoms with Gasteiger partial charge in [-0.15, -0.1) is 12.4 Å². The summed E-state index contributed by atoms with van der Waals surface area (Å²) in [4.78, 5) is 29.1. The van der Waals surface area contributed by atoms with Gasteiger partial charge in [0.25, 0.3) is 0 Å². The van der Waals surface area contributed by atoms with Crippen LogP contribution in [0.5, 0.6) is 0 Å². The minimum absolute atomic E-state index is 0. The van der Waals surface area contributed by atoms with Crippen LogP contribution in [-0.4, -0.2) is 51.8 Å². The molecule has 2 fully saturated rings. The third kappa shape index (κ3) is 4.00. The second kappa shape index (κ2) is 6.98. The molecule has 2 aliphatic rings. The van der Waals surface area contributed by atoms with Crippen LogP contribution < -0.4 is 5.73 Å². The summed E-state index contributed by atoms with van der Waals surface area (Å²) in [6, 6.07) is 0.147. The SMILES string of the molecule is CC(C)N1C(=O)CN(C(=O)C2CCCCC2(C)N)CC1(C)C.Cl. The topological polar surface area (TPSA) is 66.6 Å². The van der Waals surface area contributed by atoms with Gasteiger partial charge in [0.2, 0.25) is 11.8 Å². The Morgan fingerprint density at radius 1 is 1.26 bits per heavy atom.